The van der Waals surface area contributed by atoms with Gasteiger partial charge in [-0.15, -0.1) is 0 Å². The summed E-state index contributed by atoms with van der Waals surface area (Å²) in [5.74, 6) is -0.169. The van der Waals surface area contributed by atoms with Crippen molar-refractivity contribution in [1.29, 1.82) is 0 Å². The number of hydrogen-bond acceptors (Lipinski definition) is 2. The number of carbonyl (C=O) groups is 1. The average Bonchev–Trinajstić information content (AvgIpc) is 2.64. The Hall–Kier alpha value is -0.570. The third kappa shape index (κ3) is 1.57. The number of nitrogens with two attached hydrogens (primary N) is 1. The van der Waals surface area contributed by atoms with Gasteiger partial charge in [-0.1, -0.05) is 13.8 Å². The van der Waals surface area contributed by atoms with Gasteiger partial charge in [0.1, 0.15) is 0 Å². The SMILES string of the molecule is CC1(C)CC(NC2(C(N)=O)CC2)C1. The van der Waals surface area contributed by atoms with Crippen LogP contribution in [0.4, 0.5) is 0 Å². The molecule has 0 bridgehead atoms. The highest BCUT2D eigenvalue weighted by molar-refractivity contribution is 5.87. The number of hydrogen-bond donors (Lipinski definition) is 2. The van der Waals surface area contributed by atoms with Crippen LogP contribution in [-0.2, 0) is 4.79 Å². The summed E-state index contributed by atoms with van der Waals surface area (Å²) in [7, 11) is 0. The van der Waals surface area contributed by atoms with Crippen molar-refractivity contribution in [2.75, 3.05) is 0 Å². The maximum atomic E-state index is 11.1. The van der Waals surface area contributed by atoms with Crippen molar-refractivity contribution in [2.45, 2.75) is 51.1 Å². The minimum atomic E-state index is -0.318. The third-order valence-corrected chi connectivity index (χ3v) is 3.30. The molecule has 2 aliphatic carbocycles. The van der Waals surface area contributed by atoms with Crippen LogP contribution in [0.3, 0.4) is 0 Å². The second-order valence-corrected chi connectivity index (χ2v) is 5.36. The first-order chi connectivity index (χ1) is 5.94. The molecule has 0 spiro atoms. The van der Waals surface area contributed by atoms with Crippen LogP contribution in [0, 0.1) is 5.41 Å². The van der Waals surface area contributed by atoms with E-state index >= 15 is 0 Å². The van der Waals surface area contributed by atoms with Crippen molar-refractivity contribution in [1.82, 2.24) is 5.32 Å². The van der Waals surface area contributed by atoms with E-state index in [2.05, 4.69) is 19.2 Å². The molecule has 13 heavy (non-hydrogen) atoms. The third-order valence-electron chi connectivity index (χ3n) is 3.30. The molecule has 1 amide bonds. The van der Waals surface area contributed by atoms with E-state index in [0.29, 0.717) is 11.5 Å². The highest BCUT2D eigenvalue weighted by Gasteiger charge is 2.52. The van der Waals surface area contributed by atoms with Crippen LogP contribution in [0.1, 0.15) is 39.5 Å². The molecule has 0 radical (unpaired) electrons. The summed E-state index contributed by atoms with van der Waals surface area (Å²) >= 11 is 0. The fourth-order valence-electron chi connectivity index (χ4n) is 2.35. The lowest BCUT2D eigenvalue weighted by molar-refractivity contribution is -0.121. The molecule has 0 aromatic rings. The standard InChI is InChI=1S/C10H18N2O/c1-9(2)5-7(6-9)12-10(3-4-10)8(11)13/h7,12H,3-6H2,1-2H3,(H2,11,13). The van der Waals surface area contributed by atoms with E-state index in [1.807, 2.05) is 0 Å². The zero-order valence-corrected chi connectivity index (χ0v) is 8.39. The van der Waals surface area contributed by atoms with Crippen LogP contribution in [0.15, 0.2) is 0 Å². The second-order valence-electron chi connectivity index (χ2n) is 5.36. The summed E-state index contributed by atoms with van der Waals surface area (Å²) in [5.41, 5.74) is 5.47. The molecule has 0 aromatic carbocycles. The maximum Gasteiger partial charge on any atom is 0.237 e. The molecule has 3 heteroatoms. The number of nitrogens with one attached hydrogen (secondary N) is 1. The first kappa shape index (κ1) is 9.00. The largest absolute Gasteiger partial charge is 0.368 e. The lowest BCUT2D eigenvalue weighted by Crippen LogP contribution is -2.55. The van der Waals surface area contributed by atoms with E-state index in [9.17, 15) is 4.79 Å². The second kappa shape index (κ2) is 2.47. The van der Waals surface area contributed by atoms with Gasteiger partial charge in [-0.2, -0.15) is 0 Å². The summed E-state index contributed by atoms with van der Waals surface area (Å²) in [6.45, 7) is 4.52. The van der Waals surface area contributed by atoms with Gasteiger partial charge >= 0.3 is 0 Å². The summed E-state index contributed by atoms with van der Waals surface area (Å²) in [6, 6.07) is 0.519. The van der Waals surface area contributed by atoms with Crippen molar-refractivity contribution in [2.24, 2.45) is 11.1 Å². The molecule has 0 unspecified atom stereocenters. The molecule has 0 saturated heterocycles. The lowest BCUT2D eigenvalue weighted by Gasteiger charge is -2.44. The quantitative estimate of drug-likeness (QED) is 0.677. The highest BCUT2D eigenvalue weighted by atomic mass is 16.1. The number of rotatable bonds is 3. The van der Waals surface area contributed by atoms with E-state index in [-0.39, 0.29) is 11.4 Å². The maximum absolute atomic E-state index is 11.1. The predicted molar refractivity (Wildman–Crippen MR) is 51.1 cm³/mol. The molecule has 0 aliphatic heterocycles. The topological polar surface area (TPSA) is 55.1 Å². The fourth-order valence-corrected chi connectivity index (χ4v) is 2.35. The minimum absolute atomic E-state index is 0.169. The Labute approximate surface area is 79.1 Å². The molecule has 2 aliphatic rings. The molecule has 74 valence electrons. The molecule has 3 nitrogen and oxygen atoms in total. The monoisotopic (exact) mass is 182 g/mol. The zero-order chi connectivity index (χ0) is 9.69. The Morgan fingerprint density at radius 1 is 1.38 bits per heavy atom. The summed E-state index contributed by atoms with van der Waals surface area (Å²) in [4.78, 5) is 11.1. The molecule has 2 rings (SSSR count). The van der Waals surface area contributed by atoms with Crippen molar-refractivity contribution < 1.29 is 4.79 Å². The van der Waals surface area contributed by atoms with E-state index in [1.54, 1.807) is 0 Å². The smallest absolute Gasteiger partial charge is 0.237 e. The molecule has 0 atom stereocenters. The van der Waals surface area contributed by atoms with Gasteiger partial charge in [-0.05, 0) is 31.1 Å². The molecule has 0 heterocycles. The van der Waals surface area contributed by atoms with Gasteiger partial charge in [0.05, 0.1) is 5.54 Å². The molecular weight excluding hydrogens is 164 g/mol. The van der Waals surface area contributed by atoms with E-state index in [0.717, 1.165) is 12.8 Å². The average molecular weight is 182 g/mol. The zero-order valence-electron chi connectivity index (χ0n) is 8.39. The van der Waals surface area contributed by atoms with Gasteiger partial charge in [0.25, 0.3) is 0 Å². The normalized spacial score (nSPS) is 29.4. The highest BCUT2D eigenvalue weighted by Crippen LogP contribution is 2.44. The van der Waals surface area contributed by atoms with Crippen LogP contribution >= 0.6 is 0 Å². The summed E-state index contributed by atoms with van der Waals surface area (Å²) in [5, 5.41) is 3.38. The first-order valence-corrected chi connectivity index (χ1v) is 5.01. The number of carbonyl (C=O) groups excluding carboxylic acids is 1. The molecule has 0 aromatic heterocycles. The first-order valence-electron chi connectivity index (χ1n) is 5.01. The van der Waals surface area contributed by atoms with Crippen molar-refractivity contribution in [3.63, 3.8) is 0 Å². The van der Waals surface area contributed by atoms with Crippen LogP contribution < -0.4 is 11.1 Å². The Morgan fingerprint density at radius 3 is 2.23 bits per heavy atom. The summed E-state index contributed by atoms with van der Waals surface area (Å²) in [6.07, 6.45) is 4.20. The van der Waals surface area contributed by atoms with Gasteiger partial charge < -0.3 is 11.1 Å². The molecule has 2 saturated carbocycles. The van der Waals surface area contributed by atoms with E-state index in [1.165, 1.54) is 12.8 Å². The Balaban J connectivity index is 1.84. The number of amides is 1. The van der Waals surface area contributed by atoms with Gasteiger partial charge in [0.15, 0.2) is 0 Å². The van der Waals surface area contributed by atoms with Gasteiger partial charge in [0, 0.05) is 6.04 Å². The Morgan fingerprint density at radius 2 is 1.92 bits per heavy atom. The van der Waals surface area contributed by atoms with Gasteiger partial charge in [-0.25, -0.2) is 0 Å². The Kier molecular flexibility index (Phi) is 1.71. The minimum Gasteiger partial charge on any atom is -0.368 e. The lowest BCUT2D eigenvalue weighted by atomic mass is 9.68. The Bertz CT molecular complexity index is 235. The van der Waals surface area contributed by atoms with Gasteiger partial charge in [-0.3, -0.25) is 4.79 Å². The summed E-state index contributed by atoms with van der Waals surface area (Å²) < 4.78 is 0. The van der Waals surface area contributed by atoms with Crippen LogP contribution in [-0.4, -0.2) is 17.5 Å². The van der Waals surface area contributed by atoms with Crippen LogP contribution in [0.5, 0.6) is 0 Å². The number of primary amides is 1. The molecule has 3 N–H and O–H groups in total. The van der Waals surface area contributed by atoms with Crippen molar-refractivity contribution >= 4 is 5.91 Å². The predicted octanol–water partition coefficient (Wildman–Crippen LogP) is 0.782. The van der Waals surface area contributed by atoms with Crippen molar-refractivity contribution in [3.05, 3.63) is 0 Å². The van der Waals surface area contributed by atoms with Gasteiger partial charge in [0.2, 0.25) is 5.91 Å². The van der Waals surface area contributed by atoms with Crippen LogP contribution in [0.25, 0.3) is 0 Å². The fraction of sp³-hybridized carbons (Fsp3) is 0.900. The van der Waals surface area contributed by atoms with E-state index < -0.39 is 0 Å². The van der Waals surface area contributed by atoms with Crippen molar-refractivity contribution in [3.8, 4) is 0 Å². The molecular formula is C10H18N2O. The van der Waals surface area contributed by atoms with E-state index in [4.69, 9.17) is 5.73 Å². The molecule has 2 fully saturated rings. The van der Waals surface area contributed by atoms with Crippen LogP contribution in [0.2, 0.25) is 0 Å².